The number of hydrogen-bond donors (Lipinski definition) is 1. The Morgan fingerprint density at radius 2 is 2.33 bits per heavy atom. The van der Waals surface area contributed by atoms with Crippen molar-refractivity contribution in [3.63, 3.8) is 0 Å². The SMILES string of the molecule is O=C(NCC[C@H]1CCOC12CN(Cc1ccsc1)C2)c1ccco1. The molecule has 2 aliphatic rings. The quantitative estimate of drug-likeness (QED) is 0.874. The molecule has 2 saturated heterocycles. The number of nitrogens with one attached hydrogen (secondary N) is 1. The molecule has 0 radical (unpaired) electrons. The molecule has 1 N–H and O–H groups in total. The Labute approximate surface area is 145 Å². The number of amides is 1. The first-order chi connectivity index (χ1) is 11.8. The van der Waals surface area contributed by atoms with Crippen molar-refractivity contribution in [2.75, 3.05) is 26.2 Å². The van der Waals surface area contributed by atoms with Gasteiger partial charge in [0.15, 0.2) is 5.76 Å². The molecule has 24 heavy (non-hydrogen) atoms. The normalized spacial score (nSPS) is 22.6. The van der Waals surface area contributed by atoms with Gasteiger partial charge in [0.1, 0.15) is 0 Å². The smallest absolute Gasteiger partial charge is 0.286 e. The molecule has 1 amide bonds. The predicted molar refractivity (Wildman–Crippen MR) is 92.0 cm³/mol. The zero-order chi connectivity index (χ0) is 16.4. The summed E-state index contributed by atoms with van der Waals surface area (Å²) in [6.45, 7) is 4.51. The summed E-state index contributed by atoms with van der Waals surface area (Å²) < 4.78 is 11.2. The highest BCUT2D eigenvalue weighted by Crippen LogP contribution is 2.42. The van der Waals surface area contributed by atoms with E-state index in [1.54, 1.807) is 23.5 Å². The molecule has 0 bridgehead atoms. The van der Waals surface area contributed by atoms with E-state index in [2.05, 4.69) is 27.0 Å². The molecule has 2 aliphatic heterocycles. The highest BCUT2D eigenvalue weighted by molar-refractivity contribution is 7.07. The average molecular weight is 346 g/mol. The van der Waals surface area contributed by atoms with Gasteiger partial charge in [0.05, 0.1) is 11.9 Å². The lowest BCUT2D eigenvalue weighted by molar-refractivity contribution is -0.136. The van der Waals surface area contributed by atoms with E-state index in [9.17, 15) is 4.79 Å². The lowest BCUT2D eigenvalue weighted by atomic mass is 9.79. The van der Waals surface area contributed by atoms with Gasteiger partial charge in [-0.25, -0.2) is 0 Å². The van der Waals surface area contributed by atoms with Crippen molar-refractivity contribution in [1.82, 2.24) is 10.2 Å². The number of nitrogens with zero attached hydrogens (tertiary/aromatic N) is 1. The third kappa shape index (κ3) is 3.14. The third-order valence-electron chi connectivity index (χ3n) is 5.09. The Hall–Kier alpha value is -1.63. The fourth-order valence-electron chi connectivity index (χ4n) is 3.86. The monoisotopic (exact) mass is 346 g/mol. The predicted octanol–water partition coefficient (Wildman–Crippen LogP) is 2.75. The Bertz CT molecular complexity index is 663. The van der Waals surface area contributed by atoms with Crippen LogP contribution in [0.4, 0.5) is 0 Å². The van der Waals surface area contributed by atoms with E-state index < -0.39 is 0 Å². The minimum Gasteiger partial charge on any atom is -0.459 e. The molecule has 1 atom stereocenters. The summed E-state index contributed by atoms with van der Waals surface area (Å²) in [6.07, 6.45) is 3.56. The zero-order valence-electron chi connectivity index (χ0n) is 13.6. The van der Waals surface area contributed by atoms with E-state index >= 15 is 0 Å². The summed E-state index contributed by atoms with van der Waals surface area (Å²) in [5, 5.41) is 7.28. The van der Waals surface area contributed by atoms with Crippen LogP contribution in [0.2, 0.25) is 0 Å². The van der Waals surface area contributed by atoms with Gasteiger partial charge in [0, 0.05) is 32.8 Å². The molecule has 0 aromatic carbocycles. The van der Waals surface area contributed by atoms with Crippen LogP contribution in [0.5, 0.6) is 0 Å². The molecule has 2 aromatic rings. The third-order valence-corrected chi connectivity index (χ3v) is 5.82. The second-order valence-electron chi connectivity index (χ2n) is 6.70. The molecule has 4 rings (SSSR count). The molecule has 0 unspecified atom stereocenters. The van der Waals surface area contributed by atoms with Gasteiger partial charge in [0.2, 0.25) is 0 Å². The fraction of sp³-hybridized carbons (Fsp3) is 0.500. The summed E-state index contributed by atoms with van der Waals surface area (Å²) >= 11 is 1.75. The van der Waals surface area contributed by atoms with Crippen LogP contribution in [-0.4, -0.2) is 42.6 Å². The summed E-state index contributed by atoms with van der Waals surface area (Å²) in [6, 6.07) is 5.60. The first-order valence-electron chi connectivity index (χ1n) is 8.44. The topological polar surface area (TPSA) is 54.7 Å². The van der Waals surface area contributed by atoms with Crippen LogP contribution in [0, 0.1) is 5.92 Å². The van der Waals surface area contributed by atoms with Gasteiger partial charge in [-0.3, -0.25) is 9.69 Å². The number of hydrogen-bond acceptors (Lipinski definition) is 5. The summed E-state index contributed by atoms with van der Waals surface area (Å²) in [7, 11) is 0. The van der Waals surface area contributed by atoms with E-state index in [1.165, 1.54) is 11.8 Å². The number of rotatable bonds is 6. The number of carbonyl (C=O) groups is 1. The van der Waals surface area contributed by atoms with Crippen molar-refractivity contribution in [2.24, 2.45) is 5.92 Å². The first-order valence-corrected chi connectivity index (χ1v) is 9.39. The van der Waals surface area contributed by atoms with Gasteiger partial charge < -0.3 is 14.5 Å². The van der Waals surface area contributed by atoms with Crippen LogP contribution >= 0.6 is 11.3 Å². The summed E-state index contributed by atoms with van der Waals surface area (Å²) in [4.78, 5) is 14.4. The second kappa shape index (κ2) is 6.70. The van der Waals surface area contributed by atoms with Crippen LogP contribution < -0.4 is 5.32 Å². The molecule has 6 heteroatoms. The maximum atomic E-state index is 11.9. The minimum atomic E-state index is -0.138. The first kappa shape index (κ1) is 15.9. The van der Waals surface area contributed by atoms with Crippen LogP contribution in [0.3, 0.4) is 0 Å². The van der Waals surface area contributed by atoms with Crippen molar-refractivity contribution >= 4 is 17.2 Å². The van der Waals surface area contributed by atoms with Crippen LogP contribution in [0.15, 0.2) is 39.6 Å². The van der Waals surface area contributed by atoms with Crippen molar-refractivity contribution in [3.05, 3.63) is 46.5 Å². The van der Waals surface area contributed by atoms with Gasteiger partial charge in [-0.1, -0.05) is 0 Å². The largest absolute Gasteiger partial charge is 0.459 e. The lowest BCUT2D eigenvalue weighted by Crippen LogP contribution is -2.64. The van der Waals surface area contributed by atoms with Gasteiger partial charge in [0.25, 0.3) is 5.91 Å². The van der Waals surface area contributed by atoms with Gasteiger partial charge in [-0.15, -0.1) is 0 Å². The molecule has 5 nitrogen and oxygen atoms in total. The molecule has 4 heterocycles. The van der Waals surface area contributed by atoms with Crippen molar-refractivity contribution in [2.45, 2.75) is 25.0 Å². The van der Waals surface area contributed by atoms with Crippen molar-refractivity contribution in [3.8, 4) is 0 Å². The molecule has 2 fully saturated rings. The maximum absolute atomic E-state index is 11.9. The van der Waals surface area contributed by atoms with E-state index in [0.29, 0.717) is 18.2 Å². The van der Waals surface area contributed by atoms with E-state index in [0.717, 1.165) is 39.1 Å². The molecule has 2 aromatic heterocycles. The fourth-order valence-corrected chi connectivity index (χ4v) is 4.52. The number of carbonyl (C=O) groups excluding carboxylic acids is 1. The van der Waals surface area contributed by atoms with E-state index in [1.807, 2.05) is 0 Å². The van der Waals surface area contributed by atoms with Crippen LogP contribution in [0.1, 0.15) is 29.0 Å². The van der Waals surface area contributed by atoms with E-state index in [-0.39, 0.29) is 11.5 Å². The Kier molecular flexibility index (Phi) is 4.43. The number of thiophene rings is 1. The number of ether oxygens (including phenoxy) is 1. The maximum Gasteiger partial charge on any atom is 0.286 e. The molecule has 0 saturated carbocycles. The highest BCUT2D eigenvalue weighted by atomic mass is 32.1. The van der Waals surface area contributed by atoms with Crippen LogP contribution in [-0.2, 0) is 11.3 Å². The van der Waals surface area contributed by atoms with E-state index in [4.69, 9.17) is 9.15 Å². The number of furan rings is 1. The number of likely N-dealkylation sites (tertiary alicyclic amines) is 1. The zero-order valence-corrected chi connectivity index (χ0v) is 14.4. The summed E-state index contributed by atoms with van der Waals surface area (Å²) in [5.41, 5.74) is 1.39. The molecular formula is C18H22N2O3S. The lowest BCUT2D eigenvalue weighted by Gasteiger charge is -2.50. The minimum absolute atomic E-state index is 0.00539. The molecule has 128 valence electrons. The second-order valence-corrected chi connectivity index (χ2v) is 7.48. The Balaban J connectivity index is 1.25. The van der Waals surface area contributed by atoms with Gasteiger partial charge >= 0.3 is 0 Å². The van der Waals surface area contributed by atoms with Gasteiger partial charge in [-0.2, -0.15) is 11.3 Å². The summed E-state index contributed by atoms with van der Waals surface area (Å²) in [5.74, 6) is 0.756. The molecule has 0 aliphatic carbocycles. The Morgan fingerprint density at radius 1 is 1.42 bits per heavy atom. The van der Waals surface area contributed by atoms with Crippen LogP contribution in [0.25, 0.3) is 0 Å². The van der Waals surface area contributed by atoms with Crippen molar-refractivity contribution in [1.29, 1.82) is 0 Å². The molecule has 1 spiro atoms. The molecular weight excluding hydrogens is 324 g/mol. The Morgan fingerprint density at radius 3 is 3.08 bits per heavy atom. The van der Waals surface area contributed by atoms with Crippen molar-refractivity contribution < 1.29 is 13.9 Å². The average Bonchev–Trinajstić information content (AvgIpc) is 3.28. The standard InChI is InChI=1S/C18H22N2O3S/c21-17(16-2-1-7-22-16)19-6-3-15-4-8-23-18(15)12-20(13-18)10-14-5-9-24-11-14/h1-2,5,7,9,11,15H,3-4,6,8,10,12-13H2,(H,19,21)/t15-/m0/s1. The van der Waals surface area contributed by atoms with Gasteiger partial charge in [-0.05, 0) is 53.3 Å². The highest BCUT2D eigenvalue weighted by Gasteiger charge is 2.52.